The summed E-state index contributed by atoms with van der Waals surface area (Å²) in [6.07, 6.45) is 3.96. The SMILES string of the molecule is CC(C)NCC1(c2ccc(N3CCCC(N(S)S(O)=S)C3=O)cc2)CC1. The van der Waals surface area contributed by atoms with Gasteiger partial charge in [-0.05, 0) is 54.6 Å². The number of piperidine rings is 1. The maximum atomic E-state index is 12.8. The largest absolute Gasteiger partial charge is 0.315 e. The molecule has 2 unspecified atom stereocenters. The van der Waals surface area contributed by atoms with Crippen LogP contribution in [0.4, 0.5) is 5.69 Å². The highest BCUT2D eigenvalue weighted by atomic mass is 32.8. The molecule has 0 spiro atoms. The Morgan fingerprint density at radius 3 is 2.62 bits per heavy atom. The van der Waals surface area contributed by atoms with Crippen molar-refractivity contribution in [2.75, 3.05) is 18.0 Å². The fourth-order valence-electron chi connectivity index (χ4n) is 3.54. The van der Waals surface area contributed by atoms with Gasteiger partial charge in [-0.2, -0.15) is 3.71 Å². The highest BCUT2D eigenvalue weighted by molar-refractivity contribution is 8.27. The summed E-state index contributed by atoms with van der Waals surface area (Å²) in [6.45, 7) is 6.03. The lowest BCUT2D eigenvalue weighted by molar-refractivity contribution is -0.122. The highest BCUT2D eigenvalue weighted by Gasteiger charge is 2.44. The molecule has 1 heterocycles. The van der Waals surface area contributed by atoms with Crippen LogP contribution < -0.4 is 10.2 Å². The van der Waals surface area contributed by atoms with E-state index in [4.69, 9.17) is 11.2 Å². The van der Waals surface area contributed by atoms with Gasteiger partial charge in [-0.25, -0.2) is 0 Å². The molecular formula is C18H27N3O2S3. The van der Waals surface area contributed by atoms with E-state index < -0.39 is 16.0 Å². The predicted molar refractivity (Wildman–Crippen MR) is 114 cm³/mol. The molecule has 8 heteroatoms. The molecule has 1 aromatic carbocycles. The molecule has 1 aliphatic heterocycles. The summed E-state index contributed by atoms with van der Waals surface area (Å²) in [5.41, 5.74) is 2.50. The average molecular weight is 414 g/mol. The summed E-state index contributed by atoms with van der Waals surface area (Å²) >= 11 is 9.07. The molecule has 1 saturated heterocycles. The van der Waals surface area contributed by atoms with Gasteiger partial charge in [-0.1, -0.05) is 38.8 Å². The average Bonchev–Trinajstić information content (AvgIpc) is 3.41. The number of amides is 1. The number of rotatable bonds is 7. The fourth-order valence-corrected chi connectivity index (χ4v) is 4.48. The first-order chi connectivity index (χ1) is 12.3. The molecule has 3 rings (SSSR count). The number of thiol groups is 1. The van der Waals surface area contributed by atoms with Crippen LogP contribution in [0, 0.1) is 0 Å². The molecule has 1 aromatic rings. The van der Waals surface area contributed by atoms with E-state index in [1.807, 2.05) is 12.1 Å². The van der Waals surface area contributed by atoms with Crippen LogP contribution in [0.1, 0.15) is 45.1 Å². The van der Waals surface area contributed by atoms with Gasteiger partial charge in [0.15, 0.2) is 0 Å². The van der Waals surface area contributed by atoms with E-state index in [0.29, 0.717) is 19.0 Å². The van der Waals surface area contributed by atoms with Crippen LogP contribution in [0.2, 0.25) is 0 Å². The van der Waals surface area contributed by atoms with E-state index in [-0.39, 0.29) is 11.3 Å². The summed E-state index contributed by atoms with van der Waals surface area (Å²) < 4.78 is 10.9. The molecule has 0 aromatic heterocycles. The zero-order chi connectivity index (χ0) is 18.9. The zero-order valence-electron chi connectivity index (χ0n) is 15.2. The lowest BCUT2D eigenvalue weighted by Crippen LogP contribution is -2.50. The second kappa shape index (κ2) is 8.24. The van der Waals surface area contributed by atoms with E-state index in [0.717, 1.165) is 18.7 Å². The highest BCUT2D eigenvalue weighted by Crippen LogP contribution is 2.48. The number of benzene rings is 1. The van der Waals surface area contributed by atoms with Crippen molar-refractivity contribution in [3.8, 4) is 0 Å². The molecule has 2 atom stereocenters. The minimum Gasteiger partial charge on any atom is -0.315 e. The summed E-state index contributed by atoms with van der Waals surface area (Å²) in [5, 5.41) is 3.55. The van der Waals surface area contributed by atoms with Gasteiger partial charge in [-0.15, -0.1) is 0 Å². The molecule has 0 radical (unpaired) electrons. The van der Waals surface area contributed by atoms with Crippen LogP contribution in [0.25, 0.3) is 0 Å². The van der Waals surface area contributed by atoms with Crippen molar-refractivity contribution in [2.45, 2.75) is 57.0 Å². The minimum atomic E-state index is -1.44. The Hall–Kier alpha value is -0.510. The Bertz CT molecular complexity index is 677. The Morgan fingerprint density at radius 1 is 1.42 bits per heavy atom. The Morgan fingerprint density at radius 2 is 2.08 bits per heavy atom. The topological polar surface area (TPSA) is 55.8 Å². The van der Waals surface area contributed by atoms with Crippen LogP contribution in [-0.2, 0) is 31.3 Å². The van der Waals surface area contributed by atoms with Crippen molar-refractivity contribution in [1.29, 1.82) is 0 Å². The molecule has 26 heavy (non-hydrogen) atoms. The Balaban J connectivity index is 1.72. The van der Waals surface area contributed by atoms with Gasteiger partial charge in [-0.3, -0.25) is 4.79 Å². The lowest BCUT2D eigenvalue weighted by atomic mass is 9.95. The third kappa shape index (κ3) is 4.31. The molecular weight excluding hydrogens is 386 g/mol. The van der Waals surface area contributed by atoms with Gasteiger partial charge in [0.25, 0.3) is 0 Å². The number of carbonyl (C=O) groups is 1. The van der Waals surface area contributed by atoms with Crippen molar-refractivity contribution in [3.05, 3.63) is 29.8 Å². The molecule has 2 fully saturated rings. The molecule has 1 aliphatic carbocycles. The summed E-state index contributed by atoms with van der Waals surface area (Å²) in [4.78, 5) is 14.6. The van der Waals surface area contributed by atoms with Crippen LogP contribution in [0.3, 0.4) is 0 Å². The number of hydrogen-bond donors (Lipinski definition) is 3. The number of nitrogens with zero attached hydrogens (tertiary/aromatic N) is 2. The molecule has 0 bridgehead atoms. The van der Waals surface area contributed by atoms with E-state index in [1.165, 1.54) is 22.1 Å². The van der Waals surface area contributed by atoms with Crippen molar-refractivity contribution < 1.29 is 9.35 Å². The van der Waals surface area contributed by atoms with Crippen molar-refractivity contribution in [3.63, 3.8) is 0 Å². The molecule has 144 valence electrons. The zero-order valence-corrected chi connectivity index (χ0v) is 17.7. The van der Waals surface area contributed by atoms with Crippen LogP contribution in [0.15, 0.2) is 24.3 Å². The second-order valence-corrected chi connectivity index (χ2v) is 9.99. The Labute approximate surface area is 168 Å². The molecule has 5 nitrogen and oxygen atoms in total. The molecule has 1 amide bonds. The number of hydrogen-bond acceptors (Lipinski definition) is 4. The van der Waals surface area contributed by atoms with E-state index in [1.54, 1.807) is 4.90 Å². The number of anilines is 1. The maximum Gasteiger partial charge on any atom is 0.246 e. The summed E-state index contributed by atoms with van der Waals surface area (Å²) in [5.74, 6) is -0.0435. The number of carbonyl (C=O) groups excluding carboxylic acids is 1. The third-order valence-electron chi connectivity index (χ3n) is 5.33. The van der Waals surface area contributed by atoms with Gasteiger partial charge in [0.05, 0.1) is 9.92 Å². The quantitative estimate of drug-likeness (QED) is 0.600. The van der Waals surface area contributed by atoms with Crippen LogP contribution in [0.5, 0.6) is 0 Å². The van der Waals surface area contributed by atoms with Gasteiger partial charge >= 0.3 is 0 Å². The standard InChI is InChI=1S/C18H27N3O2S3/c1-13(2)19-12-18(9-10-18)14-5-7-15(8-6-14)20-11-3-4-16(17(20)22)21(24)26(23)25/h5-8,13,16,19,24H,3-4,9-12H2,1-2H3,(H,23,25). The van der Waals surface area contributed by atoms with E-state index in [9.17, 15) is 9.35 Å². The minimum absolute atomic E-state index is 0.0435. The first-order valence-corrected chi connectivity index (χ1v) is 11.5. The monoisotopic (exact) mass is 413 g/mol. The third-order valence-corrected chi connectivity index (χ3v) is 7.46. The molecule has 2 aliphatic rings. The van der Waals surface area contributed by atoms with Crippen molar-refractivity contribution >= 4 is 45.5 Å². The van der Waals surface area contributed by atoms with Gasteiger partial charge in [0, 0.05) is 30.2 Å². The number of nitrogens with one attached hydrogen (secondary N) is 1. The first kappa shape index (κ1) is 20.2. The van der Waals surface area contributed by atoms with E-state index in [2.05, 4.69) is 44.1 Å². The van der Waals surface area contributed by atoms with Crippen LogP contribution in [-0.4, -0.2) is 39.3 Å². The normalized spacial score (nSPS) is 23.5. The maximum absolute atomic E-state index is 12.8. The van der Waals surface area contributed by atoms with Gasteiger partial charge < -0.3 is 14.8 Å². The van der Waals surface area contributed by atoms with Gasteiger partial charge in [0.2, 0.25) is 5.91 Å². The summed E-state index contributed by atoms with van der Waals surface area (Å²) in [7, 11) is -1.44. The van der Waals surface area contributed by atoms with Gasteiger partial charge in [0.1, 0.15) is 6.04 Å². The van der Waals surface area contributed by atoms with Crippen LogP contribution >= 0.6 is 12.8 Å². The van der Waals surface area contributed by atoms with E-state index >= 15 is 0 Å². The molecule has 2 N–H and O–H groups in total. The predicted octanol–water partition coefficient (Wildman–Crippen LogP) is 2.83. The Kier molecular flexibility index (Phi) is 6.41. The first-order valence-electron chi connectivity index (χ1n) is 9.08. The molecule has 1 saturated carbocycles. The second-order valence-electron chi connectivity index (χ2n) is 7.54. The lowest BCUT2D eigenvalue weighted by Gasteiger charge is -2.35. The fraction of sp³-hybridized carbons (Fsp3) is 0.611. The smallest absolute Gasteiger partial charge is 0.246 e. The van der Waals surface area contributed by atoms with Crippen molar-refractivity contribution in [1.82, 2.24) is 9.03 Å². The summed E-state index contributed by atoms with van der Waals surface area (Å²) in [6, 6.07) is 8.41. The van der Waals surface area contributed by atoms with Crippen molar-refractivity contribution in [2.24, 2.45) is 0 Å².